The van der Waals surface area contributed by atoms with Crippen molar-refractivity contribution >= 4 is 17.6 Å². The van der Waals surface area contributed by atoms with Crippen LogP contribution in [0, 0.1) is 6.92 Å². The fourth-order valence-corrected chi connectivity index (χ4v) is 3.91. The molecule has 0 saturated heterocycles. The molecule has 0 saturated carbocycles. The number of carbonyl (C=O) groups is 2. The number of nitrogens with zero attached hydrogens (tertiary/aromatic N) is 3. The van der Waals surface area contributed by atoms with Crippen molar-refractivity contribution in [2.24, 2.45) is 7.05 Å². The molecule has 0 aliphatic carbocycles. The summed E-state index contributed by atoms with van der Waals surface area (Å²) in [6, 6.07) is 13.3. The molecule has 4 rings (SSSR count). The van der Waals surface area contributed by atoms with Gasteiger partial charge in [0.25, 0.3) is 5.91 Å². The van der Waals surface area contributed by atoms with Crippen molar-refractivity contribution in [3.8, 4) is 5.75 Å². The highest BCUT2D eigenvalue weighted by Crippen LogP contribution is 2.32. The normalized spacial score (nSPS) is 12.6. The molecular weight excluding hydrogens is 394 g/mol. The monoisotopic (exact) mass is 419 g/mol. The predicted octanol–water partition coefficient (Wildman–Crippen LogP) is 3.72. The van der Waals surface area contributed by atoms with Crippen LogP contribution in [0.4, 0.5) is 5.69 Å². The van der Waals surface area contributed by atoms with Gasteiger partial charge in [-0.1, -0.05) is 18.2 Å². The molecule has 3 aromatic rings. The molecular formula is C24H25N3O4. The third-order valence-corrected chi connectivity index (χ3v) is 5.58. The molecule has 2 heterocycles. The van der Waals surface area contributed by atoms with Gasteiger partial charge in [0.15, 0.2) is 0 Å². The highest BCUT2D eigenvalue weighted by Gasteiger charge is 2.26. The molecule has 1 N–H and O–H groups in total. The fraction of sp³-hybridized carbons (Fsp3) is 0.292. The van der Waals surface area contributed by atoms with Crippen LogP contribution in [0.1, 0.15) is 45.6 Å². The van der Waals surface area contributed by atoms with Crippen LogP contribution in [-0.2, 0) is 24.8 Å². The first-order chi connectivity index (χ1) is 14.9. The number of carboxylic acid groups (broad SMARTS) is 1. The third-order valence-electron chi connectivity index (χ3n) is 5.58. The zero-order valence-corrected chi connectivity index (χ0v) is 17.7. The van der Waals surface area contributed by atoms with Crippen molar-refractivity contribution in [3.05, 3.63) is 76.6 Å². The predicted molar refractivity (Wildman–Crippen MR) is 117 cm³/mol. The molecule has 1 amide bonds. The van der Waals surface area contributed by atoms with Crippen molar-refractivity contribution in [1.29, 1.82) is 0 Å². The molecule has 0 spiro atoms. The van der Waals surface area contributed by atoms with Gasteiger partial charge in [-0.3, -0.25) is 14.3 Å². The SMILES string of the molecule is Cc1cc(C(=O)N2Cc3cnn(C)c3Cc3ccccc32)ccc1OCCCC(=O)O. The van der Waals surface area contributed by atoms with Crippen LogP contribution >= 0.6 is 0 Å². The summed E-state index contributed by atoms with van der Waals surface area (Å²) in [6.45, 7) is 2.67. The molecule has 0 radical (unpaired) electrons. The van der Waals surface area contributed by atoms with Gasteiger partial charge in [0, 0.05) is 42.4 Å². The molecule has 0 bridgehead atoms. The maximum absolute atomic E-state index is 13.5. The van der Waals surface area contributed by atoms with Crippen LogP contribution in [-0.4, -0.2) is 33.4 Å². The number of amides is 1. The molecule has 1 aliphatic rings. The Morgan fingerprint density at radius 1 is 1.16 bits per heavy atom. The Morgan fingerprint density at radius 3 is 2.74 bits per heavy atom. The van der Waals surface area contributed by atoms with E-state index >= 15 is 0 Å². The quantitative estimate of drug-likeness (QED) is 0.616. The number of hydrogen-bond acceptors (Lipinski definition) is 4. The Kier molecular flexibility index (Phi) is 5.75. The van der Waals surface area contributed by atoms with E-state index in [-0.39, 0.29) is 12.3 Å². The Balaban J connectivity index is 1.58. The Hall–Kier alpha value is -3.61. The van der Waals surface area contributed by atoms with E-state index in [2.05, 4.69) is 11.2 Å². The number of aromatic nitrogens is 2. The van der Waals surface area contributed by atoms with Gasteiger partial charge in [-0.05, 0) is 48.7 Å². The van der Waals surface area contributed by atoms with Gasteiger partial charge in [-0.2, -0.15) is 5.10 Å². The fourth-order valence-electron chi connectivity index (χ4n) is 3.91. The number of benzene rings is 2. The van der Waals surface area contributed by atoms with E-state index in [4.69, 9.17) is 9.84 Å². The second kappa shape index (κ2) is 8.63. The lowest BCUT2D eigenvalue weighted by molar-refractivity contribution is -0.137. The van der Waals surface area contributed by atoms with E-state index in [0.29, 0.717) is 30.9 Å². The summed E-state index contributed by atoms with van der Waals surface area (Å²) in [6.07, 6.45) is 3.07. The van der Waals surface area contributed by atoms with Gasteiger partial charge >= 0.3 is 5.97 Å². The molecule has 160 valence electrons. The minimum atomic E-state index is -0.837. The van der Waals surface area contributed by atoms with Crippen LogP contribution in [0.15, 0.2) is 48.7 Å². The molecule has 2 aromatic carbocycles. The van der Waals surface area contributed by atoms with E-state index in [0.717, 1.165) is 34.5 Å². The second-order valence-corrected chi connectivity index (χ2v) is 7.76. The molecule has 0 unspecified atom stereocenters. The van der Waals surface area contributed by atoms with Gasteiger partial charge in [-0.15, -0.1) is 0 Å². The van der Waals surface area contributed by atoms with Crippen molar-refractivity contribution in [3.63, 3.8) is 0 Å². The number of para-hydroxylation sites is 1. The Bertz CT molecular complexity index is 1140. The highest BCUT2D eigenvalue weighted by molar-refractivity contribution is 6.06. The Morgan fingerprint density at radius 2 is 1.97 bits per heavy atom. The summed E-state index contributed by atoms with van der Waals surface area (Å²) in [4.78, 5) is 26.0. The molecule has 31 heavy (non-hydrogen) atoms. The van der Waals surface area contributed by atoms with Gasteiger partial charge in [0.05, 0.1) is 19.3 Å². The average molecular weight is 419 g/mol. The third kappa shape index (κ3) is 4.30. The zero-order chi connectivity index (χ0) is 22.0. The molecule has 7 nitrogen and oxygen atoms in total. The minimum absolute atomic E-state index is 0.0698. The summed E-state index contributed by atoms with van der Waals surface area (Å²) < 4.78 is 7.57. The van der Waals surface area contributed by atoms with Crippen LogP contribution in [0.25, 0.3) is 0 Å². The van der Waals surface area contributed by atoms with Gasteiger partial charge < -0.3 is 14.7 Å². The first kappa shape index (κ1) is 20.7. The topological polar surface area (TPSA) is 84.7 Å². The number of aryl methyl sites for hydroxylation is 2. The molecule has 0 fully saturated rings. The van der Waals surface area contributed by atoms with Gasteiger partial charge in [0.2, 0.25) is 0 Å². The number of hydrogen-bond donors (Lipinski definition) is 1. The maximum atomic E-state index is 13.5. The summed E-state index contributed by atoms with van der Waals surface area (Å²) in [5, 5.41) is 13.1. The van der Waals surface area contributed by atoms with Crippen molar-refractivity contribution in [1.82, 2.24) is 9.78 Å². The molecule has 0 atom stereocenters. The van der Waals surface area contributed by atoms with Crippen LogP contribution in [0.2, 0.25) is 0 Å². The number of carbonyl (C=O) groups excluding carboxylic acids is 1. The number of aliphatic carboxylic acids is 1. The summed E-state index contributed by atoms with van der Waals surface area (Å²) in [5.74, 6) is -0.256. The number of anilines is 1. The second-order valence-electron chi connectivity index (χ2n) is 7.76. The molecule has 1 aliphatic heterocycles. The largest absolute Gasteiger partial charge is 0.493 e. The van der Waals surface area contributed by atoms with Gasteiger partial charge in [0.1, 0.15) is 5.75 Å². The lowest BCUT2D eigenvalue weighted by atomic mass is 10.1. The van der Waals surface area contributed by atoms with Crippen LogP contribution in [0.3, 0.4) is 0 Å². The molecule has 7 heteroatoms. The standard InChI is InChI=1S/C24H25N3O4/c1-16-12-18(9-10-22(16)31-11-5-8-23(28)29)24(30)27-15-19-14-25-26(2)21(19)13-17-6-3-4-7-20(17)27/h3-4,6-7,9-10,12,14H,5,8,11,13,15H2,1-2H3,(H,28,29). The van der Waals surface area contributed by atoms with E-state index in [9.17, 15) is 9.59 Å². The van der Waals surface area contributed by atoms with E-state index in [1.54, 1.807) is 12.1 Å². The summed E-state index contributed by atoms with van der Waals surface area (Å²) in [7, 11) is 1.93. The van der Waals surface area contributed by atoms with Crippen molar-refractivity contribution < 1.29 is 19.4 Å². The first-order valence-electron chi connectivity index (χ1n) is 10.3. The number of rotatable bonds is 6. The lowest BCUT2D eigenvalue weighted by Gasteiger charge is -2.23. The maximum Gasteiger partial charge on any atom is 0.303 e. The van der Waals surface area contributed by atoms with Gasteiger partial charge in [-0.25, -0.2) is 0 Å². The number of fused-ring (bicyclic) bond motifs is 2. The smallest absolute Gasteiger partial charge is 0.303 e. The van der Waals surface area contributed by atoms with E-state index in [1.165, 1.54) is 0 Å². The lowest BCUT2D eigenvalue weighted by Crippen LogP contribution is -2.30. The summed E-state index contributed by atoms with van der Waals surface area (Å²) >= 11 is 0. The van der Waals surface area contributed by atoms with Crippen molar-refractivity contribution in [2.45, 2.75) is 32.7 Å². The first-order valence-corrected chi connectivity index (χ1v) is 10.3. The van der Waals surface area contributed by atoms with Crippen LogP contribution < -0.4 is 9.64 Å². The average Bonchev–Trinajstić information content (AvgIpc) is 3.00. The van der Waals surface area contributed by atoms with E-state index in [1.807, 2.05) is 54.0 Å². The minimum Gasteiger partial charge on any atom is -0.493 e. The Labute approximate surface area is 180 Å². The molecule has 1 aromatic heterocycles. The van der Waals surface area contributed by atoms with E-state index < -0.39 is 5.97 Å². The highest BCUT2D eigenvalue weighted by atomic mass is 16.5. The zero-order valence-electron chi connectivity index (χ0n) is 17.7. The number of carboxylic acids is 1. The number of ether oxygens (including phenoxy) is 1. The van der Waals surface area contributed by atoms with Crippen LogP contribution in [0.5, 0.6) is 5.75 Å². The van der Waals surface area contributed by atoms with Crippen molar-refractivity contribution in [2.75, 3.05) is 11.5 Å². The summed E-state index contributed by atoms with van der Waals surface area (Å²) in [5.41, 5.74) is 5.58.